The Morgan fingerprint density at radius 2 is 2.28 bits per heavy atom. The maximum atomic E-state index is 11.1. The predicted octanol–water partition coefficient (Wildman–Crippen LogP) is -0.0794. The highest BCUT2D eigenvalue weighted by Crippen LogP contribution is 2.19. The normalized spacial score (nSPS) is 13.7. The van der Waals surface area contributed by atoms with Crippen LogP contribution in [0.1, 0.15) is 24.2 Å². The number of H-pyrrole nitrogens is 1. The van der Waals surface area contributed by atoms with E-state index in [2.05, 4.69) is 4.98 Å². The first kappa shape index (κ1) is 14.4. The lowest BCUT2D eigenvalue weighted by Crippen LogP contribution is -2.23. The van der Waals surface area contributed by atoms with Gasteiger partial charge >= 0.3 is 0 Å². The highest BCUT2D eigenvalue weighted by atomic mass is 32.2. The number of carbonyl (C=O) groups is 1. The summed E-state index contributed by atoms with van der Waals surface area (Å²) in [6, 6.07) is 2.90. The van der Waals surface area contributed by atoms with Crippen LogP contribution < -0.4 is 5.56 Å². The lowest BCUT2D eigenvalue weighted by molar-refractivity contribution is -0.109. The maximum absolute atomic E-state index is 11.1. The fraction of sp³-hybridized carbons (Fsp3) is 0.364. The lowest BCUT2D eigenvalue weighted by atomic mass is 10.1. The fourth-order valence-electron chi connectivity index (χ4n) is 1.27. The van der Waals surface area contributed by atoms with Gasteiger partial charge in [-0.1, -0.05) is 11.8 Å². The second-order valence-electron chi connectivity index (χ2n) is 3.60. The second kappa shape index (κ2) is 6.35. The molecule has 0 saturated heterocycles. The van der Waals surface area contributed by atoms with E-state index in [-0.39, 0.29) is 22.0 Å². The molecule has 1 heterocycles. The SMILES string of the molecule is CC(=O)SCC(O)C(O)c1c[nH]c(=O)c(C#N)c1. The Morgan fingerprint density at radius 1 is 1.61 bits per heavy atom. The molecule has 0 fully saturated rings. The highest BCUT2D eigenvalue weighted by molar-refractivity contribution is 8.13. The molecular weight excluding hydrogens is 256 g/mol. The molecule has 0 aliphatic carbocycles. The highest BCUT2D eigenvalue weighted by Gasteiger charge is 2.20. The molecule has 0 aliphatic rings. The number of nitrogens with one attached hydrogen (secondary N) is 1. The van der Waals surface area contributed by atoms with E-state index in [4.69, 9.17) is 5.26 Å². The molecule has 96 valence electrons. The van der Waals surface area contributed by atoms with Gasteiger partial charge < -0.3 is 15.2 Å². The summed E-state index contributed by atoms with van der Waals surface area (Å²) >= 11 is 0.890. The van der Waals surface area contributed by atoms with Crippen LogP contribution in [-0.4, -0.2) is 32.2 Å². The number of aliphatic hydroxyl groups excluding tert-OH is 2. The van der Waals surface area contributed by atoms with Gasteiger partial charge in [-0.25, -0.2) is 0 Å². The van der Waals surface area contributed by atoms with E-state index in [1.54, 1.807) is 6.07 Å². The molecule has 0 spiro atoms. The van der Waals surface area contributed by atoms with Crippen molar-refractivity contribution >= 4 is 16.9 Å². The van der Waals surface area contributed by atoms with Gasteiger partial charge in [-0.2, -0.15) is 5.26 Å². The van der Waals surface area contributed by atoms with Crippen LogP contribution >= 0.6 is 11.8 Å². The number of aromatic nitrogens is 1. The van der Waals surface area contributed by atoms with Gasteiger partial charge in [-0.3, -0.25) is 9.59 Å². The number of carbonyl (C=O) groups excluding carboxylic acids is 1. The Labute approximate surface area is 107 Å². The van der Waals surface area contributed by atoms with E-state index >= 15 is 0 Å². The number of nitriles is 1. The molecule has 2 unspecified atom stereocenters. The molecule has 0 bridgehead atoms. The standard InChI is InChI=1S/C11H12N2O4S/c1-6(14)18-5-9(15)10(16)8-2-7(3-12)11(17)13-4-8/h2,4,9-10,15-16H,5H2,1H3,(H,13,17). The molecular formula is C11H12N2O4S. The van der Waals surface area contributed by atoms with E-state index in [0.717, 1.165) is 11.8 Å². The third-order valence-electron chi connectivity index (χ3n) is 2.21. The number of pyridine rings is 1. The molecule has 3 N–H and O–H groups in total. The summed E-state index contributed by atoms with van der Waals surface area (Å²) in [6.45, 7) is 1.36. The Balaban J connectivity index is 2.84. The summed E-state index contributed by atoms with van der Waals surface area (Å²) in [7, 11) is 0. The van der Waals surface area contributed by atoms with Crippen LogP contribution in [0.2, 0.25) is 0 Å². The zero-order valence-electron chi connectivity index (χ0n) is 9.58. The van der Waals surface area contributed by atoms with Gasteiger partial charge in [-0.15, -0.1) is 0 Å². The average Bonchev–Trinajstić information content (AvgIpc) is 2.35. The number of hydrogen-bond donors (Lipinski definition) is 3. The third-order valence-corrected chi connectivity index (χ3v) is 3.12. The molecule has 0 aliphatic heterocycles. The van der Waals surface area contributed by atoms with Gasteiger partial charge in [0.15, 0.2) is 5.12 Å². The Hall–Kier alpha value is -1.62. The average molecular weight is 268 g/mol. The molecule has 0 aromatic carbocycles. The summed E-state index contributed by atoms with van der Waals surface area (Å²) in [5.41, 5.74) is -0.471. The summed E-state index contributed by atoms with van der Waals surface area (Å²) < 4.78 is 0. The molecule has 0 radical (unpaired) electrons. The van der Waals surface area contributed by atoms with Gasteiger partial charge in [0.25, 0.3) is 5.56 Å². The molecule has 1 rings (SSSR count). The maximum Gasteiger partial charge on any atom is 0.265 e. The van der Waals surface area contributed by atoms with Gasteiger partial charge in [0, 0.05) is 24.4 Å². The predicted molar refractivity (Wildman–Crippen MR) is 65.9 cm³/mol. The van der Waals surface area contributed by atoms with E-state index in [1.807, 2.05) is 0 Å². The van der Waals surface area contributed by atoms with Crippen molar-refractivity contribution in [1.82, 2.24) is 4.98 Å². The van der Waals surface area contributed by atoms with Crippen LogP contribution in [0.5, 0.6) is 0 Å². The van der Waals surface area contributed by atoms with Crippen molar-refractivity contribution in [1.29, 1.82) is 5.26 Å². The second-order valence-corrected chi connectivity index (χ2v) is 4.80. The molecule has 6 nitrogen and oxygen atoms in total. The van der Waals surface area contributed by atoms with Gasteiger partial charge in [0.05, 0.1) is 6.10 Å². The molecule has 2 atom stereocenters. The number of aromatic amines is 1. The van der Waals surface area contributed by atoms with E-state index < -0.39 is 17.8 Å². The summed E-state index contributed by atoms with van der Waals surface area (Å²) in [5.74, 6) is 0.0392. The Morgan fingerprint density at radius 3 is 2.83 bits per heavy atom. The van der Waals surface area contributed by atoms with Crippen LogP contribution in [0.3, 0.4) is 0 Å². The minimum atomic E-state index is -1.26. The van der Waals surface area contributed by atoms with Crippen molar-refractivity contribution in [2.45, 2.75) is 19.1 Å². The number of hydrogen-bond acceptors (Lipinski definition) is 6. The fourth-order valence-corrected chi connectivity index (χ4v) is 1.86. The van der Waals surface area contributed by atoms with E-state index in [1.165, 1.54) is 19.2 Å². The molecule has 0 saturated carbocycles. The monoisotopic (exact) mass is 268 g/mol. The smallest absolute Gasteiger partial charge is 0.265 e. The Bertz CT molecular complexity index is 535. The zero-order valence-corrected chi connectivity index (χ0v) is 10.4. The molecule has 18 heavy (non-hydrogen) atoms. The number of rotatable bonds is 4. The third kappa shape index (κ3) is 3.70. The molecule has 1 aromatic heterocycles. The quantitative estimate of drug-likeness (QED) is 0.703. The summed E-state index contributed by atoms with van der Waals surface area (Å²) in [5, 5.41) is 28.0. The minimum absolute atomic E-state index is 0.0392. The zero-order chi connectivity index (χ0) is 13.7. The molecule has 0 amide bonds. The van der Waals surface area contributed by atoms with Crippen LogP contribution in [0.25, 0.3) is 0 Å². The first-order valence-electron chi connectivity index (χ1n) is 5.08. The van der Waals surface area contributed by atoms with Crippen LogP contribution in [0.15, 0.2) is 17.1 Å². The van der Waals surface area contributed by atoms with E-state index in [9.17, 15) is 19.8 Å². The lowest BCUT2D eigenvalue weighted by Gasteiger charge is -2.17. The van der Waals surface area contributed by atoms with Crippen molar-refractivity contribution in [3.8, 4) is 6.07 Å². The first-order valence-corrected chi connectivity index (χ1v) is 6.06. The molecule has 7 heteroatoms. The first-order chi connectivity index (χ1) is 8.45. The van der Waals surface area contributed by atoms with Crippen LogP contribution in [0.4, 0.5) is 0 Å². The van der Waals surface area contributed by atoms with Crippen molar-refractivity contribution in [2.24, 2.45) is 0 Å². The van der Waals surface area contributed by atoms with Crippen molar-refractivity contribution in [2.75, 3.05) is 5.75 Å². The number of nitrogens with zero attached hydrogens (tertiary/aromatic N) is 1. The summed E-state index contributed by atoms with van der Waals surface area (Å²) in [6.07, 6.45) is -1.19. The molecule has 1 aromatic rings. The topological polar surface area (TPSA) is 114 Å². The van der Waals surface area contributed by atoms with Gasteiger partial charge in [0.2, 0.25) is 0 Å². The number of thioether (sulfide) groups is 1. The van der Waals surface area contributed by atoms with Crippen molar-refractivity contribution in [3.63, 3.8) is 0 Å². The van der Waals surface area contributed by atoms with E-state index in [0.29, 0.717) is 0 Å². The summed E-state index contributed by atoms with van der Waals surface area (Å²) in [4.78, 5) is 24.2. The van der Waals surface area contributed by atoms with Crippen molar-refractivity contribution < 1.29 is 15.0 Å². The Kier molecular flexibility index (Phi) is 5.09. The minimum Gasteiger partial charge on any atom is -0.389 e. The van der Waals surface area contributed by atoms with Crippen molar-refractivity contribution in [3.05, 3.63) is 33.7 Å². The number of aliphatic hydroxyl groups is 2. The van der Waals surface area contributed by atoms with Crippen LogP contribution in [0, 0.1) is 11.3 Å². The largest absolute Gasteiger partial charge is 0.389 e. The van der Waals surface area contributed by atoms with Gasteiger partial charge in [-0.05, 0) is 6.07 Å². The van der Waals surface area contributed by atoms with Crippen LogP contribution in [-0.2, 0) is 4.79 Å². The van der Waals surface area contributed by atoms with Gasteiger partial charge in [0.1, 0.15) is 17.7 Å².